The number of hydrazone groups is 1. The molecule has 6 nitrogen and oxygen atoms in total. The molecule has 0 fully saturated rings. The van der Waals surface area contributed by atoms with Crippen molar-refractivity contribution < 1.29 is 9.72 Å². The molecule has 110 valence electrons. The van der Waals surface area contributed by atoms with E-state index >= 15 is 0 Å². The molecule has 0 aromatic heterocycles. The summed E-state index contributed by atoms with van der Waals surface area (Å²) in [4.78, 5) is 21.6. The summed E-state index contributed by atoms with van der Waals surface area (Å²) in [6.45, 7) is 6.34. The van der Waals surface area contributed by atoms with E-state index in [1.807, 2.05) is 0 Å². The lowest BCUT2D eigenvalue weighted by atomic mass is 10.1. The van der Waals surface area contributed by atoms with Crippen LogP contribution in [0.1, 0.15) is 5.56 Å². The first kappa shape index (κ1) is 16.6. The maximum absolute atomic E-state index is 11.6. The van der Waals surface area contributed by atoms with Crippen molar-refractivity contribution in [3.63, 3.8) is 0 Å². The van der Waals surface area contributed by atoms with Gasteiger partial charge in [0.1, 0.15) is 8.07 Å². The van der Waals surface area contributed by atoms with Crippen LogP contribution in [-0.4, -0.2) is 25.1 Å². The molecule has 21 heavy (non-hydrogen) atoms. The summed E-state index contributed by atoms with van der Waals surface area (Å²) in [7, 11) is -1.43. The molecule has 0 atom stereocenters. The quantitative estimate of drug-likeness (QED) is 0.304. The van der Waals surface area contributed by atoms with Gasteiger partial charge in [0, 0.05) is 12.1 Å². The lowest BCUT2D eigenvalue weighted by Crippen LogP contribution is -2.19. The Bertz CT molecular complexity index is 607. The van der Waals surface area contributed by atoms with Crippen molar-refractivity contribution in [3.05, 3.63) is 39.9 Å². The first-order valence-electron chi connectivity index (χ1n) is 6.34. The molecule has 0 aliphatic rings. The summed E-state index contributed by atoms with van der Waals surface area (Å²) < 4.78 is 0. The minimum atomic E-state index is -1.43. The molecule has 0 saturated heterocycles. The highest BCUT2D eigenvalue weighted by Gasteiger charge is 2.07. The number of nitro groups is 1. The van der Waals surface area contributed by atoms with Crippen LogP contribution in [0.25, 0.3) is 0 Å². The maximum atomic E-state index is 11.6. The Morgan fingerprint density at radius 2 is 2.00 bits per heavy atom. The number of nitro benzene ring substituents is 1. The molecule has 1 rings (SSSR count). The van der Waals surface area contributed by atoms with Crippen LogP contribution >= 0.6 is 0 Å². The number of hydrogen-bond acceptors (Lipinski definition) is 4. The molecule has 0 heterocycles. The lowest BCUT2D eigenvalue weighted by molar-refractivity contribution is -0.384. The highest BCUT2D eigenvalue weighted by Crippen LogP contribution is 2.12. The topological polar surface area (TPSA) is 84.6 Å². The fraction of sp³-hybridized carbons (Fsp3) is 0.286. The fourth-order valence-corrected chi connectivity index (χ4v) is 1.84. The Labute approximate surface area is 124 Å². The van der Waals surface area contributed by atoms with Crippen molar-refractivity contribution in [2.75, 3.05) is 0 Å². The number of carbonyl (C=O) groups excluding carboxylic acids is 1. The Balaban J connectivity index is 2.48. The monoisotopic (exact) mass is 303 g/mol. The van der Waals surface area contributed by atoms with Gasteiger partial charge in [-0.15, -0.1) is 5.54 Å². The molecule has 0 aliphatic heterocycles. The van der Waals surface area contributed by atoms with Crippen LogP contribution in [0.15, 0.2) is 29.4 Å². The standard InChI is InChI=1S/C14H17N3O3Si/c1-21(2,3)10-4-9-15-16-14(18)11-12-5-7-13(8-6-12)17(19)20/h5-9H,11H2,1-3H3,(H,16,18)/b15-9-. The number of benzene rings is 1. The first-order valence-corrected chi connectivity index (χ1v) is 9.84. The average Bonchev–Trinajstić information content (AvgIpc) is 2.37. The largest absolute Gasteiger partial charge is 0.273 e. The number of non-ortho nitro benzene ring substituents is 1. The van der Waals surface area contributed by atoms with Gasteiger partial charge in [0.25, 0.3) is 5.69 Å². The molecule has 0 unspecified atom stereocenters. The molecule has 0 saturated carbocycles. The van der Waals surface area contributed by atoms with Gasteiger partial charge in [-0.05, 0) is 5.56 Å². The van der Waals surface area contributed by atoms with E-state index in [0.29, 0.717) is 5.56 Å². The Morgan fingerprint density at radius 1 is 1.38 bits per heavy atom. The van der Waals surface area contributed by atoms with Crippen LogP contribution in [0, 0.1) is 21.6 Å². The smallest absolute Gasteiger partial charge is 0.269 e. The van der Waals surface area contributed by atoms with E-state index in [9.17, 15) is 14.9 Å². The summed E-state index contributed by atoms with van der Waals surface area (Å²) in [6, 6.07) is 5.83. The van der Waals surface area contributed by atoms with E-state index in [1.54, 1.807) is 12.1 Å². The molecule has 0 bridgehead atoms. The van der Waals surface area contributed by atoms with Gasteiger partial charge in [-0.25, -0.2) is 5.43 Å². The Morgan fingerprint density at radius 3 is 2.52 bits per heavy atom. The van der Waals surface area contributed by atoms with Crippen molar-refractivity contribution in [1.82, 2.24) is 5.43 Å². The van der Waals surface area contributed by atoms with Crippen molar-refractivity contribution in [2.24, 2.45) is 5.10 Å². The third-order valence-corrected chi connectivity index (χ3v) is 3.17. The molecule has 1 aromatic rings. The zero-order valence-electron chi connectivity index (χ0n) is 12.2. The number of hydrogen-bond donors (Lipinski definition) is 1. The van der Waals surface area contributed by atoms with Gasteiger partial charge < -0.3 is 0 Å². The molecule has 1 N–H and O–H groups in total. The number of nitrogens with one attached hydrogen (secondary N) is 1. The number of carbonyl (C=O) groups is 1. The second-order valence-electron chi connectivity index (χ2n) is 5.41. The molecule has 0 spiro atoms. The van der Waals surface area contributed by atoms with Gasteiger partial charge in [-0.2, -0.15) is 5.10 Å². The van der Waals surface area contributed by atoms with Gasteiger partial charge in [-0.3, -0.25) is 14.9 Å². The van der Waals surface area contributed by atoms with E-state index in [4.69, 9.17) is 0 Å². The number of rotatable bonds is 4. The van der Waals surface area contributed by atoms with Crippen LogP contribution in [0.5, 0.6) is 0 Å². The highest BCUT2D eigenvalue weighted by molar-refractivity contribution is 6.84. The molecule has 0 radical (unpaired) electrons. The van der Waals surface area contributed by atoms with Crippen molar-refractivity contribution in [2.45, 2.75) is 26.1 Å². The predicted molar refractivity (Wildman–Crippen MR) is 84.6 cm³/mol. The zero-order chi connectivity index (χ0) is 15.9. The molecular weight excluding hydrogens is 286 g/mol. The van der Waals surface area contributed by atoms with Crippen molar-refractivity contribution >= 4 is 25.9 Å². The van der Waals surface area contributed by atoms with Crippen LogP contribution in [0.4, 0.5) is 5.69 Å². The summed E-state index contributed by atoms with van der Waals surface area (Å²) in [5, 5.41) is 14.2. The molecular formula is C14H17N3O3Si. The zero-order valence-corrected chi connectivity index (χ0v) is 13.2. The van der Waals surface area contributed by atoms with Crippen LogP contribution in [-0.2, 0) is 11.2 Å². The van der Waals surface area contributed by atoms with Crippen LogP contribution < -0.4 is 5.43 Å². The minimum absolute atomic E-state index is 0.00111. The number of nitrogens with zero attached hydrogens (tertiary/aromatic N) is 2. The Kier molecular flexibility index (Phi) is 5.81. The van der Waals surface area contributed by atoms with Gasteiger partial charge >= 0.3 is 0 Å². The van der Waals surface area contributed by atoms with E-state index < -0.39 is 13.0 Å². The SMILES string of the molecule is C[Si](C)(C)C#C/C=N\NC(=O)Cc1ccc([N+](=O)[O-])cc1. The van der Waals surface area contributed by atoms with Crippen LogP contribution in [0.3, 0.4) is 0 Å². The van der Waals surface area contributed by atoms with Crippen molar-refractivity contribution in [1.29, 1.82) is 0 Å². The summed E-state index contributed by atoms with van der Waals surface area (Å²) >= 11 is 0. The highest BCUT2D eigenvalue weighted by atomic mass is 28.3. The molecule has 1 aromatic carbocycles. The van der Waals surface area contributed by atoms with E-state index in [0.717, 1.165) is 0 Å². The average molecular weight is 303 g/mol. The van der Waals surface area contributed by atoms with E-state index in [2.05, 4.69) is 41.6 Å². The van der Waals surface area contributed by atoms with Crippen LogP contribution in [0.2, 0.25) is 19.6 Å². The summed E-state index contributed by atoms with van der Waals surface area (Å²) in [5.41, 5.74) is 6.13. The third kappa shape index (κ3) is 7.03. The van der Waals surface area contributed by atoms with Gasteiger partial charge in [-0.1, -0.05) is 37.7 Å². The fourth-order valence-electron chi connectivity index (χ4n) is 1.35. The minimum Gasteiger partial charge on any atom is -0.273 e. The molecule has 7 heteroatoms. The second kappa shape index (κ2) is 7.35. The normalized spacial score (nSPS) is 10.8. The third-order valence-electron chi connectivity index (χ3n) is 2.28. The first-order chi connectivity index (χ1) is 9.78. The summed E-state index contributed by atoms with van der Waals surface area (Å²) in [5.74, 6) is 2.50. The van der Waals surface area contributed by atoms with E-state index in [-0.39, 0.29) is 18.0 Å². The predicted octanol–water partition coefficient (Wildman–Crippen LogP) is 2.12. The second-order valence-corrected chi connectivity index (χ2v) is 10.2. The Hall–Kier alpha value is -2.46. The van der Waals surface area contributed by atoms with Gasteiger partial charge in [0.15, 0.2) is 0 Å². The molecule has 0 aliphatic carbocycles. The lowest BCUT2D eigenvalue weighted by Gasteiger charge is -2.02. The number of amides is 1. The summed E-state index contributed by atoms with van der Waals surface area (Å²) in [6.07, 6.45) is 1.47. The van der Waals surface area contributed by atoms with Crippen molar-refractivity contribution in [3.8, 4) is 11.5 Å². The van der Waals surface area contributed by atoms with E-state index in [1.165, 1.54) is 18.3 Å². The molecule has 1 amide bonds. The maximum Gasteiger partial charge on any atom is 0.269 e. The van der Waals surface area contributed by atoms with Gasteiger partial charge in [0.05, 0.1) is 17.6 Å². The van der Waals surface area contributed by atoms with Gasteiger partial charge in [0.2, 0.25) is 5.91 Å².